The van der Waals surface area contributed by atoms with Crippen molar-refractivity contribution in [2.45, 2.75) is 25.3 Å². The van der Waals surface area contributed by atoms with Gasteiger partial charge in [-0.2, -0.15) is 15.7 Å². The molecule has 2 aliphatic rings. The molecule has 0 spiro atoms. The molecule has 0 amide bonds. The Bertz CT molecular complexity index is 808. The summed E-state index contributed by atoms with van der Waals surface area (Å²) in [6, 6.07) is 1.68. The molecule has 26 heavy (non-hydrogen) atoms. The van der Waals surface area contributed by atoms with E-state index in [1.165, 1.54) is 0 Å². The first-order chi connectivity index (χ1) is 12.0. The van der Waals surface area contributed by atoms with Gasteiger partial charge in [0.05, 0.1) is 23.4 Å². The molecule has 0 unspecified atom stereocenters. The first-order valence-corrected chi connectivity index (χ1v) is 10.7. The second-order valence-electron chi connectivity index (χ2n) is 7.00. The molecule has 2 fully saturated rings. The van der Waals surface area contributed by atoms with Crippen LogP contribution in [0.25, 0.3) is 5.65 Å². The zero-order valence-corrected chi connectivity index (χ0v) is 16.2. The smallest absolute Gasteiger partial charge is 0.251 e. The van der Waals surface area contributed by atoms with Gasteiger partial charge in [0, 0.05) is 37.2 Å². The molecule has 0 bridgehead atoms. The highest BCUT2D eigenvalue weighted by Crippen LogP contribution is 2.40. The first kappa shape index (κ1) is 19.7. The van der Waals surface area contributed by atoms with Crippen LogP contribution >= 0.6 is 23.0 Å². The summed E-state index contributed by atoms with van der Waals surface area (Å²) in [7, 11) is -2.39. The largest absolute Gasteiger partial charge is 0.317 e. The molecule has 2 saturated heterocycles. The van der Waals surface area contributed by atoms with Gasteiger partial charge in [-0.1, -0.05) is 0 Å². The van der Waals surface area contributed by atoms with E-state index in [1.807, 2.05) is 10.7 Å². The fourth-order valence-corrected chi connectivity index (χ4v) is 5.05. The minimum Gasteiger partial charge on any atom is -0.317 e. The van der Waals surface area contributed by atoms with E-state index in [-0.39, 0.29) is 18.0 Å². The fourth-order valence-electron chi connectivity index (χ4n) is 3.75. The van der Waals surface area contributed by atoms with Crippen molar-refractivity contribution in [2.24, 2.45) is 0 Å². The first-order valence-electron chi connectivity index (χ1n) is 8.78. The second-order valence-corrected chi connectivity index (χ2v) is 9.42. The average molecular weight is 404 g/mol. The lowest BCUT2D eigenvalue weighted by Crippen LogP contribution is -2.37. The van der Waals surface area contributed by atoms with Crippen molar-refractivity contribution in [1.82, 2.24) is 24.8 Å². The maximum absolute atomic E-state index is 12.2. The summed E-state index contributed by atoms with van der Waals surface area (Å²) >= 11 is 0. The lowest BCUT2D eigenvalue weighted by atomic mass is 9.94. The summed E-state index contributed by atoms with van der Waals surface area (Å²) in [5.74, 6) is 1.19. The van der Waals surface area contributed by atoms with E-state index in [1.54, 1.807) is 6.07 Å². The fraction of sp³-hybridized carbons (Fsp3) is 0.625. The van der Waals surface area contributed by atoms with Crippen LogP contribution in [0.2, 0.25) is 0 Å². The predicted molar refractivity (Wildman–Crippen MR) is 106 cm³/mol. The number of rotatable bonds is 3. The maximum Gasteiger partial charge on any atom is 0.251 e. The third kappa shape index (κ3) is 4.08. The molecule has 0 aromatic carbocycles. The summed E-state index contributed by atoms with van der Waals surface area (Å²) in [5, 5.41) is 7.89. The van der Waals surface area contributed by atoms with Crippen molar-refractivity contribution in [3.63, 3.8) is 0 Å². The van der Waals surface area contributed by atoms with Gasteiger partial charge in [0.25, 0.3) is 5.56 Å². The lowest BCUT2D eigenvalue weighted by molar-refractivity contribution is 0.278. The van der Waals surface area contributed by atoms with Crippen molar-refractivity contribution >= 4 is 28.6 Å². The van der Waals surface area contributed by atoms with E-state index >= 15 is 0 Å². The van der Waals surface area contributed by atoms with E-state index in [4.69, 9.17) is 0 Å². The van der Waals surface area contributed by atoms with Gasteiger partial charge in [0.1, 0.15) is 5.65 Å². The molecule has 146 valence electrons. The molecular formula is C16H26ClN5O3S. The highest BCUT2D eigenvalue weighted by atomic mass is 35.5. The summed E-state index contributed by atoms with van der Waals surface area (Å²) in [5.41, 5.74) is 2.64. The van der Waals surface area contributed by atoms with E-state index in [0.717, 1.165) is 42.8 Å². The third-order valence-corrected chi connectivity index (χ3v) is 6.90. The van der Waals surface area contributed by atoms with Crippen molar-refractivity contribution in [3.8, 4) is 0 Å². The molecule has 4 heterocycles. The van der Waals surface area contributed by atoms with Gasteiger partial charge in [-0.05, 0) is 25.9 Å². The molecule has 8 nitrogen and oxygen atoms in total. The van der Waals surface area contributed by atoms with Gasteiger partial charge in [-0.15, -0.1) is 12.4 Å². The van der Waals surface area contributed by atoms with Gasteiger partial charge in [-0.3, -0.25) is 18.8 Å². The standard InChI is InChI=1S/C16H25N5O3S.ClH/c22-15-9-14(12-1-3-17-4-2-12)21-16(19-15)13(10-18-21)11-20-5-7-25(23,24)8-6-20;/h9-10,12,17,23-24H,1-8,11H2,(H,19,22);1H. The SMILES string of the molecule is Cl.O=c1cc(C2CCNCC2)n2ncc(CN3CCS(O)(O)CC3)c2[nH]1. The minimum absolute atomic E-state index is 0. The number of nitrogens with zero attached hydrogens (tertiary/aromatic N) is 3. The van der Waals surface area contributed by atoms with Crippen molar-refractivity contribution in [2.75, 3.05) is 37.7 Å². The Morgan fingerprint density at radius 3 is 2.62 bits per heavy atom. The molecule has 0 aliphatic carbocycles. The van der Waals surface area contributed by atoms with Crippen LogP contribution in [0.5, 0.6) is 0 Å². The number of fused-ring (bicyclic) bond motifs is 1. The zero-order chi connectivity index (χ0) is 17.4. The van der Waals surface area contributed by atoms with E-state index < -0.39 is 10.6 Å². The molecule has 0 radical (unpaired) electrons. The number of halogens is 1. The van der Waals surface area contributed by atoms with Gasteiger partial charge < -0.3 is 10.3 Å². The average Bonchev–Trinajstić information content (AvgIpc) is 2.99. The normalized spacial score (nSPS) is 22.8. The van der Waals surface area contributed by atoms with Crippen LogP contribution in [0, 0.1) is 0 Å². The Morgan fingerprint density at radius 2 is 1.92 bits per heavy atom. The van der Waals surface area contributed by atoms with Crippen LogP contribution in [0.4, 0.5) is 0 Å². The quantitative estimate of drug-likeness (QED) is 0.618. The van der Waals surface area contributed by atoms with Crippen LogP contribution in [0.3, 0.4) is 0 Å². The molecule has 2 aromatic rings. The Morgan fingerprint density at radius 1 is 1.23 bits per heavy atom. The number of hydrogen-bond donors (Lipinski definition) is 4. The molecular weight excluding hydrogens is 378 g/mol. The molecule has 4 N–H and O–H groups in total. The van der Waals surface area contributed by atoms with Crippen LogP contribution in [0.15, 0.2) is 17.1 Å². The summed E-state index contributed by atoms with van der Waals surface area (Å²) < 4.78 is 21.4. The summed E-state index contributed by atoms with van der Waals surface area (Å²) in [4.78, 5) is 17.3. The molecule has 0 saturated carbocycles. The zero-order valence-electron chi connectivity index (χ0n) is 14.6. The van der Waals surface area contributed by atoms with Gasteiger partial charge in [-0.25, -0.2) is 4.52 Å². The Kier molecular flexibility index (Phi) is 5.95. The number of aromatic amines is 1. The third-order valence-electron chi connectivity index (χ3n) is 5.23. The Hall–Kier alpha value is -1.10. The molecule has 10 heteroatoms. The monoisotopic (exact) mass is 403 g/mol. The number of aromatic nitrogens is 3. The molecule has 2 aromatic heterocycles. The predicted octanol–water partition coefficient (Wildman–Crippen LogP) is 1.48. The van der Waals surface area contributed by atoms with E-state index in [0.29, 0.717) is 37.1 Å². The lowest BCUT2D eigenvalue weighted by Gasteiger charge is -2.40. The van der Waals surface area contributed by atoms with E-state index in [9.17, 15) is 13.9 Å². The Balaban J connectivity index is 0.00000196. The maximum atomic E-state index is 12.2. The van der Waals surface area contributed by atoms with Gasteiger partial charge in [0.2, 0.25) is 0 Å². The Labute approximate surface area is 159 Å². The van der Waals surface area contributed by atoms with Crippen molar-refractivity contribution in [3.05, 3.63) is 33.9 Å². The number of piperidine rings is 1. The topological polar surface area (TPSA) is 106 Å². The van der Waals surface area contributed by atoms with Gasteiger partial charge in [0.15, 0.2) is 0 Å². The van der Waals surface area contributed by atoms with Crippen molar-refractivity contribution < 1.29 is 9.11 Å². The van der Waals surface area contributed by atoms with Gasteiger partial charge >= 0.3 is 0 Å². The number of H-pyrrole nitrogens is 1. The summed E-state index contributed by atoms with van der Waals surface area (Å²) in [6.07, 6.45) is 3.85. The van der Waals surface area contributed by atoms with Crippen LogP contribution in [-0.2, 0) is 6.54 Å². The second kappa shape index (κ2) is 7.87. The van der Waals surface area contributed by atoms with Crippen LogP contribution < -0.4 is 10.9 Å². The molecule has 4 rings (SSSR count). The van der Waals surface area contributed by atoms with Crippen molar-refractivity contribution in [1.29, 1.82) is 0 Å². The number of nitrogens with one attached hydrogen (secondary N) is 2. The highest BCUT2D eigenvalue weighted by molar-refractivity contribution is 8.24. The van der Waals surface area contributed by atoms with E-state index in [2.05, 4.69) is 20.3 Å². The number of hydrogen-bond acceptors (Lipinski definition) is 6. The van der Waals surface area contributed by atoms with Crippen LogP contribution in [0.1, 0.15) is 30.0 Å². The highest BCUT2D eigenvalue weighted by Gasteiger charge is 2.24. The minimum atomic E-state index is -2.39. The molecule has 0 atom stereocenters. The summed E-state index contributed by atoms with van der Waals surface area (Å²) in [6.45, 7) is 3.89. The van der Waals surface area contributed by atoms with Crippen LogP contribution in [-0.4, -0.2) is 66.3 Å². The molecule has 2 aliphatic heterocycles.